The number of halogens is 1. The van der Waals surface area contributed by atoms with Crippen LogP contribution < -0.4 is 10.6 Å². The van der Waals surface area contributed by atoms with Gasteiger partial charge in [-0.05, 0) is 31.0 Å². The summed E-state index contributed by atoms with van der Waals surface area (Å²) < 4.78 is 13.8. The van der Waals surface area contributed by atoms with E-state index in [0.717, 1.165) is 13.1 Å². The summed E-state index contributed by atoms with van der Waals surface area (Å²) in [6.07, 6.45) is 0. The Labute approximate surface area is 126 Å². The first kappa shape index (κ1) is 15.5. The molecule has 0 aliphatic rings. The summed E-state index contributed by atoms with van der Waals surface area (Å²) in [6.45, 7) is 5.89. The molecule has 0 amide bonds. The molecule has 2 aromatic carbocycles. The number of benzene rings is 2. The highest BCUT2D eigenvalue weighted by molar-refractivity contribution is 5.45. The lowest BCUT2D eigenvalue weighted by atomic mass is 9.94. The van der Waals surface area contributed by atoms with Gasteiger partial charge < -0.3 is 10.6 Å². The lowest BCUT2D eigenvalue weighted by Crippen LogP contribution is -2.33. The largest absolute Gasteiger partial charge is 0.371 e. The Hall–Kier alpha value is -1.87. The van der Waals surface area contributed by atoms with Crippen molar-refractivity contribution >= 4 is 5.69 Å². The van der Waals surface area contributed by atoms with Crippen LogP contribution in [0.5, 0.6) is 0 Å². The summed E-state index contributed by atoms with van der Waals surface area (Å²) in [5.74, 6) is -0.0679. The van der Waals surface area contributed by atoms with E-state index < -0.39 is 0 Å². The fraction of sp³-hybridized carbons (Fsp3) is 0.333. The number of para-hydroxylation sites is 1. The van der Waals surface area contributed by atoms with E-state index in [1.54, 1.807) is 12.1 Å². The second kappa shape index (κ2) is 7.23. The molecule has 21 heavy (non-hydrogen) atoms. The van der Waals surface area contributed by atoms with E-state index in [1.165, 1.54) is 11.8 Å². The van der Waals surface area contributed by atoms with Crippen LogP contribution in [-0.2, 0) is 0 Å². The first-order chi connectivity index (χ1) is 10.1. The third-order valence-corrected chi connectivity index (χ3v) is 3.89. The highest BCUT2D eigenvalue weighted by atomic mass is 19.1. The van der Waals surface area contributed by atoms with E-state index in [9.17, 15) is 4.39 Å². The first-order valence-corrected chi connectivity index (χ1v) is 7.43. The zero-order valence-corrected chi connectivity index (χ0v) is 12.7. The third-order valence-electron chi connectivity index (χ3n) is 3.89. The molecule has 0 saturated carbocycles. The van der Waals surface area contributed by atoms with E-state index in [0.29, 0.717) is 5.56 Å². The van der Waals surface area contributed by atoms with Crippen molar-refractivity contribution in [3.05, 3.63) is 66.0 Å². The molecule has 0 radical (unpaired) electrons. The maximum Gasteiger partial charge on any atom is 0.127 e. The minimum absolute atomic E-state index is 0.155. The van der Waals surface area contributed by atoms with Crippen LogP contribution in [0.2, 0.25) is 0 Å². The Balaban J connectivity index is 2.09. The molecular weight excluding hydrogens is 263 g/mol. The fourth-order valence-electron chi connectivity index (χ4n) is 2.57. The van der Waals surface area contributed by atoms with Gasteiger partial charge in [0, 0.05) is 30.4 Å². The molecular formula is C18H23FN2. The minimum Gasteiger partial charge on any atom is -0.371 e. The highest BCUT2D eigenvalue weighted by Gasteiger charge is 2.20. The topological polar surface area (TPSA) is 29.3 Å². The van der Waals surface area contributed by atoms with Gasteiger partial charge in [0.1, 0.15) is 5.82 Å². The summed E-state index contributed by atoms with van der Waals surface area (Å²) in [4.78, 5) is 2.27. The molecule has 0 aromatic heterocycles. The third kappa shape index (κ3) is 3.82. The SMILES string of the molecule is CCN(CC(C)C(N)c1ccccc1F)c1ccccc1. The number of nitrogens with zero attached hydrogens (tertiary/aromatic N) is 1. The summed E-state index contributed by atoms with van der Waals surface area (Å²) in [5, 5.41) is 0. The van der Waals surface area contributed by atoms with Gasteiger partial charge in [-0.2, -0.15) is 0 Å². The molecule has 2 unspecified atom stereocenters. The quantitative estimate of drug-likeness (QED) is 0.870. The van der Waals surface area contributed by atoms with Gasteiger partial charge in [-0.15, -0.1) is 0 Å². The van der Waals surface area contributed by atoms with Crippen LogP contribution in [0.15, 0.2) is 54.6 Å². The number of hydrogen-bond donors (Lipinski definition) is 1. The number of rotatable bonds is 6. The van der Waals surface area contributed by atoms with E-state index in [2.05, 4.69) is 30.9 Å². The molecule has 0 bridgehead atoms. The summed E-state index contributed by atoms with van der Waals surface area (Å²) in [6, 6.07) is 16.7. The van der Waals surface area contributed by atoms with Gasteiger partial charge in [-0.1, -0.05) is 43.3 Å². The smallest absolute Gasteiger partial charge is 0.127 e. The number of anilines is 1. The normalized spacial score (nSPS) is 13.7. The molecule has 0 aliphatic heterocycles. The molecule has 2 atom stereocenters. The highest BCUT2D eigenvalue weighted by Crippen LogP contribution is 2.24. The molecule has 2 N–H and O–H groups in total. The summed E-state index contributed by atoms with van der Waals surface area (Å²) in [5.41, 5.74) is 8.02. The van der Waals surface area contributed by atoms with E-state index in [4.69, 9.17) is 5.73 Å². The van der Waals surface area contributed by atoms with Crippen LogP contribution in [0.25, 0.3) is 0 Å². The van der Waals surface area contributed by atoms with Gasteiger partial charge in [0.05, 0.1) is 0 Å². The second-order valence-corrected chi connectivity index (χ2v) is 5.40. The van der Waals surface area contributed by atoms with Crippen molar-refractivity contribution in [2.45, 2.75) is 19.9 Å². The molecule has 0 spiro atoms. The van der Waals surface area contributed by atoms with Gasteiger partial charge in [-0.3, -0.25) is 0 Å². The Morgan fingerprint density at radius 2 is 1.67 bits per heavy atom. The molecule has 2 rings (SSSR count). The number of nitrogens with two attached hydrogens (primary N) is 1. The molecule has 0 heterocycles. The molecule has 2 nitrogen and oxygen atoms in total. The van der Waals surface area contributed by atoms with E-state index in [-0.39, 0.29) is 17.8 Å². The van der Waals surface area contributed by atoms with Gasteiger partial charge in [0.25, 0.3) is 0 Å². The van der Waals surface area contributed by atoms with Crippen molar-refractivity contribution in [2.24, 2.45) is 11.7 Å². The predicted octanol–water partition coefficient (Wildman–Crippen LogP) is 3.99. The van der Waals surface area contributed by atoms with Crippen LogP contribution in [0.3, 0.4) is 0 Å². The number of hydrogen-bond acceptors (Lipinski definition) is 2. The zero-order valence-electron chi connectivity index (χ0n) is 12.7. The Bertz CT molecular complexity index is 556. The first-order valence-electron chi connectivity index (χ1n) is 7.43. The van der Waals surface area contributed by atoms with Gasteiger partial charge in [0.2, 0.25) is 0 Å². The van der Waals surface area contributed by atoms with Crippen molar-refractivity contribution in [1.82, 2.24) is 0 Å². The summed E-state index contributed by atoms with van der Waals surface area (Å²) >= 11 is 0. The standard InChI is InChI=1S/C18H23FN2/c1-3-21(15-9-5-4-6-10-15)13-14(2)18(20)16-11-7-8-12-17(16)19/h4-12,14,18H,3,13,20H2,1-2H3. The monoisotopic (exact) mass is 286 g/mol. The molecule has 0 aliphatic carbocycles. The molecule has 3 heteroatoms. The maximum absolute atomic E-state index is 13.8. The average Bonchev–Trinajstić information content (AvgIpc) is 2.53. The predicted molar refractivity (Wildman–Crippen MR) is 86.8 cm³/mol. The van der Waals surface area contributed by atoms with Crippen LogP contribution >= 0.6 is 0 Å². The van der Waals surface area contributed by atoms with Gasteiger partial charge in [-0.25, -0.2) is 4.39 Å². The minimum atomic E-state index is -0.302. The van der Waals surface area contributed by atoms with E-state index >= 15 is 0 Å². The lowest BCUT2D eigenvalue weighted by molar-refractivity contribution is 0.448. The molecule has 0 saturated heterocycles. The fourth-order valence-corrected chi connectivity index (χ4v) is 2.57. The van der Waals surface area contributed by atoms with E-state index in [1.807, 2.05) is 24.3 Å². The second-order valence-electron chi connectivity index (χ2n) is 5.40. The van der Waals surface area contributed by atoms with Crippen molar-refractivity contribution in [1.29, 1.82) is 0 Å². The Morgan fingerprint density at radius 1 is 1.05 bits per heavy atom. The lowest BCUT2D eigenvalue weighted by Gasteiger charge is -2.30. The van der Waals surface area contributed by atoms with Crippen molar-refractivity contribution < 1.29 is 4.39 Å². The van der Waals surface area contributed by atoms with Crippen LogP contribution in [-0.4, -0.2) is 13.1 Å². The average molecular weight is 286 g/mol. The molecule has 0 fully saturated rings. The van der Waals surface area contributed by atoms with Crippen molar-refractivity contribution in [3.8, 4) is 0 Å². The van der Waals surface area contributed by atoms with Crippen LogP contribution in [0.4, 0.5) is 10.1 Å². The van der Waals surface area contributed by atoms with Gasteiger partial charge >= 0.3 is 0 Å². The Kier molecular flexibility index (Phi) is 5.34. The van der Waals surface area contributed by atoms with Crippen molar-refractivity contribution in [3.63, 3.8) is 0 Å². The van der Waals surface area contributed by atoms with Gasteiger partial charge in [0.15, 0.2) is 0 Å². The van der Waals surface area contributed by atoms with Crippen molar-refractivity contribution in [2.75, 3.05) is 18.0 Å². The molecule has 2 aromatic rings. The van der Waals surface area contributed by atoms with Crippen LogP contribution in [0.1, 0.15) is 25.5 Å². The Morgan fingerprint density at radius 3 is 2.29 bits per heavy atom. The van der Waals surface area contributed by atoms with Crippen LogP contribution in [0, 0.1) is 11.7 Å². The summed E-state index contributed by atoms with van der Waals surface area (Å²) in [7, 11) is 0. The molecule has 112 valence electrons. The maximum atomic E-state index is 13.8. The zero-order chi connectivity index (χ0) is 15.2.